The van der Waals surface area contributed by atoms with Crippen molar-refractivity contribution >= 4 is 22.9 Å². The van der Waals surface area contributed by atoms with E-state index in [1.54, 1.807) is 11.3 Å². The van der Waals surface area contributed by atoms with Crippen molar-refractivity contribution in [2.24, 2.45) is 0 Å². The minimum absolute atomic E-state index is 0.0591. The maximum atomic E-state index is 12.8. The van der Waals surface area contributed by atoms with E-state index in [1.807, 2.05) is 48.2 Å². The summed E-state index contributed by atoms with van der Waals surface area (Å²) < 4.78 is 5.96. The molecule has 3 aromatic rings. The highest BCUT2D eigenvalue weighted by Crippen LogP contribution is 2.39. The average molecular weight is 393 g/mol. The minimum atomic E-state index is -0.390. The molecule has 1 unspecified atom stereocenters. The van der Waals surface area contributed by atoms with Crippen molar-refractivity contribution in [3.8, 4) is 27.6 Å². The summed E-state index contributed by atoms with van der Waals surface area (Å²) in [5.41, 5.74) is 3.90. The number of rotatable bonds is 6. The summed E-state index contributed by atoms with van der Waals surface area (Å²) in [4.78, 5) is 19.6. The van der Waals surface area contributed by atoms with Crippen molar-refractivity contribution in [3.05, 3.63) is 53.9 Å². The number of carbonyl (C=O) groups excluding carboxylic acids is 1. The Bertz CT molecular complexity index is 968. The van der Waals surface area contributed by atoms with Crippen molar-refractivity contribution < 1.29 is 9.53 Å². The Hall–Kier alpha value is -2.66. The number of hydrogen-bond donors (Lipinski definition) is 0. The predicted octanol–water partition coefficient (Wildman–Crippen LogP) is 5.78. The lowest BCUT2D eigenvalue weighted by Gasteiger charge is -2.34. The summed E-state index contributed by atoms with van der Waals surface area (Å²) in [6.07, 6.45) is 2.30. The Labute approximate surface area is 169 Å². The largest absolute Gasteiger partial charge is 0.478 e. The first kappa shape index (κ1) is 18.7. The predicted molar refractivity (Wildman–Crippen MR) is 115 cm³/mol. The minimum Gasteiger partial charge on any atom is -0.478 e. The van der Waals surface area contributed by atoms with Gasteiger partial charge in [0.25, 0.3) is 5.91 Å². The Kier molecular flexibility index (Phi) is 5.44. The number of fused-ring (bicyclic) bond motifs is 1. The average Bonchev–Trinajstić information content (AvgIpc) is 3.23. The highest BCUT2D eigenvalue weighted by atomic mass is 32.1. The number of aromatic nitrogens is 1. The van der Waals surface area contributed by atoms with Crippen LogP contribution in [0, 0.1) is 0 Å². The third kappa shape index (κ3) is 3.54. The van der Waals surface area contributed by atoms with Crippen LogP contribution >= 0.6 is 11.3 Å². The van der Waals surface area contributed by atoms with Gasteiger partial charge in [0, 0.05) is 23.1 Å². The molecule has 0 aliphatic carbocycles. The fourth-order valence-electron chi connectivity index (χ4n) is 3.41. The van der Waals surface area contributed by atoms with Gasteiger partial charge in [-0.1, -0.05) is 50.6 Å². The van der Waals surface area contributed by atoms with Gasteiger partial charge in [0.2, 0.25) is 0 Å². The van der Waals surface area contributed by atoms with Gasteiger partial charge >= 0.3 is 0 Å². The lowest BCUT2D eigenvalue weighted by atomic mass is 10.1. The van der Waals surface area contributed by atoms with Crippen LogP contribution in [-0.4, -0.2) is 23.5 Å². The van der Waals surface area contributed by atoms with Gasteiger partial charge in [0.1, 0.15) is 10.8 Å². The molecule has 4 rings (SSSR count). The van der Waals surface area contributed by atoms with E-state index < -0.39 is 0 Å². The number of benzene rings is 2. The molecule has 1 amide bonds. The number of anilines is 1. The van der Waals surface area contributed by atoms with Crippen LogP contribution < -0.4 is 9.64 Å². The van der Waals surface area contributed by atoms with Gasteiger partial charge in [-0.3, -0.25) is 4.79 Å². The Morgan fingerprint density at radius 3 is 2.68 bits per heavy atom. The second kappa shape index (κ2) is 8.15. The van der Waals surface area contributed by atoms with Crippen molar-refractivity contribution in [1.82, 2.24) is 4.98 Å². The van der Waals surface area contributed by atoms with Crippen molar-refractivity contribution in [1.29, 1.82) is 0 Å². The quantitative estimate of drug-likeness (QED) is 0.534. The molecule has 144 valence electrons. The summed E-state index contributed by atoms with van der Waals surface area (Å²) in [5.74, 6) is 0.841. The molecule has 0 radical (unpaired) electrons. The molecule has 5 heteroatoms. The molecule has 2 aromatic carbocycles. The van der Waals surface area contributed by atoms with Crippen LogP contribution in [-0.2, 0) is 4.79 Å². The first-order chi connectivity index (χ1) is 13.7. The molecular weight excluding hydrogens is 368 g/mol. The SMILES string of the molecule is CCCCN1C(=O)C(CC)Oc2ccc(-c3csc(-c4ccccc4)n3)cc21. The van der Waals surface area contributed by atoms with E-state index >= 15 is 0 Å². The number of unbranched alkanes of at least 4 members (excludes halogenated alkanes) is 1. The molecule has 1 aromatic heterocycles. The fourth-order valence-corrected chi connectivity index (χ4v) is 4.24. The van der Waals surface area contributed by atoms with Gasteiger partial charge in [-0.2, -0.15) is 0 Å². The maximum absolute atomic E-state index is 12.8. The molecule has 0 saturated carbocycles. The molecule has 2 heterocycles. The molecule has 1 atom stereocenters. The number of ether oxygens (including phenoxy) is 1. The Morgan fingerprint density at radius 1 is 1.11 bits per heavy atom. The Morgan fingerprint density at radius 2 is 1.93 bits per heavy atom. The molecule has 4 nitrogen and oxygen atoms in total. The molecule has 0 bridgehead atoms. The molecule has 0 fully saturated rings. The molecule has 1 aliphatic rings. The van der Waals surface area contributed by atoms with Crippen LogP contribution in [0.5, 0.6) is 5.75 Å². The molecular formula is C23H24N2O2S. The van der Waals surface area contributed by atoms with Crippen LogP contribution in [0.2, 0.25) is 0 Å². The summed E-state index contributed by atoms with van der Waals surface area (Å²) in [7, 11) is 0. The zero-order valence-corrected chi connectivity index (χ0v) is 17.0. The zero-order valence-electron chi connectivity index (χ0n) is 16.2. The van der Waals surface area contributed by atoms with Crippen molar-refractivity contribution in [3.63, 3.8) is 0 Å². The normalized spacial score (nSPS) is 16.0. The standard InChI is InChI=1S/C23H24N2O2S/c1-3-5-13-25-19-14-17(11-12-21(19)27-20(4-2)23(25)26)18-15-28-22(24-18)16-9-7-6-8-10-16/h6-12,14-15,20H,3-5,13H2,1-2H3. The van der Waals surface area contributed by atoms with Gasteiger partial charge in [-0.15, -0.1) is 11.3 Å². The summed E-state index contributed by atoms with van der Waals surface area (Å²) in [6, 6.07) is 16.2. The van der Waals surface area contributed by atoms with Crippen LogP contribution in [0.3, 0.4) is 0 Å². The lowest BCUT2D eigenvalue weighted by molar-refractivity contribution is -0.126. The van der Waals surface area contributed by atoms with Gasteiger partial charge < -0.3 is 9.64 Å². The van der Waals surface area contributed by atoms with E-state index in [0.717, 1.165) is 52.7 Å². The van der Waals surface area contributed by atoms with E-state index in [2.05, 4.69) is 24.4 Å². The summed E-state index contributed by atoms with van der Waals surface area (Å²) in [5, 5.41) is 3.07. The van der Waals surface area contributed by atoms with E-state index in [9.17, 15) is 4.79 Å². The number of hydrogen-bond acceptors (Lipinski definition) is 4. The lowest BCUT2D eigenvalue weighted by Crippen LogP contribution is -2.46. The zero-order chi connectivity index (χ0) is 19.5. The van der Waals surface area contributed by atoms with Crippen LogP contribution in [0.4, 0.5) is 5.69 Å². The van der Waals surface area contributed by atoms with Gasteiger partial charge in [0.15, 0.2) is 6.10 Å². The number of thiazole rings is 1. The number of carbonyl (C=O) groups is 1. The second-order valence-corrected chi connectivity index (χ2v) is 7.80. The number of amides is 1. The molecule has 28 heavy (non-hydrogen) atoms. The highest BCUT2D eigenvalue weighted by Gasteiger charge is 2.33. The van der Waals surface area contributed by atoms with Gasteiger partial charge in [0.05, 0.1) is 11.4 Å². The number of nitrogens with zero attached hydrogens (tertiary/aromatic N) is 2. The van der Waals surface area contributed by atoms with Gasteiger partial charge in [-0.25, -0.2) is 4.98 Å². The third-order valence-electron chi connectivity index (χ3n) is 4.99. The third-order valence-corrected chi connectivity index (χ3v) is 5.88. The van der Waals surface area contributed by atoms with Crippen LogP contribution in [0.1, 0.15) is 33.1 Å². The molecule has 0 saturated heterocycles. The monoisotopic (exact) mass is 392 g/mol. The maximum Gasteiger partial charge on any atom is 0.268 e. The van der Waals surface area contributed by atoms with Gasteiger partial charge in [-0.05, 0) is 31.0 Å². The Balaban J connectivity index is 1.69. The molecule has 1 aliphatic heterocycles. The second-order valence-electron chi connectivity index (χ2n) is 6.94. The first-order valence-electron chi connectivity index (χ1n) is 9.84. The van der Waals surface area contributed by atoms with E-state index in [0.29, 0.717) is 6.42 Å². The van der Waals surface area contributed by atoms with Crippen LogP contribution in [0.15, 0.2) is 53.9 Å². The van der Waals surface area contributed by atoms with E-state index in [-0.39, 0.29) is 12.0 Å². The fraction of sp³-hybridized carbons (Fsp3) is 0.304. The molecule has 0 N–H and O–H groups in total. The summed E-state index contributed by atoms with van der Waals surface area (Å²) >= 11 is 1.63. The molecule has 0 spiro atoms. The van der Waals surface area contributed by atoms with Crippen molar-refractivity contribution in [2.75, 3.05) is 11.4 Å². The van der Waals surface area contributed by atoms with E-state index in [4.69, 9.17) is 9.72 Å². The van der Waals surface area contributed by atoms with Crippen molar-refractivity contribution in [2.45, 2.75) is 39.2 Å². The van der Waals surface area contributed by atoms with E-state index in [1.165, 1.54) is 0 Å². The highest BCUT2D eigenvalue weighted by molar-refractivity contribution is 7.13. The summed E-state index contributed by atoms with van der Waals surface area (Å²) in [6.45, 7) is 4.85. The van der Waals surface area contributed by atoms with Crippen LogP contribution in [0.25, 0.3) is 21.8 Å². The first-order valence-corrected chi connectivity index (χ1v) is 10.7. The topological polar surface area (TPSA) is 42.4 Å². The smallest absolute Gasteiger partial charge is 0.268 e.